The van der Waals surface area contributed by atoms with Gasteiger partial charge in [0.05, 0.1) is 20.6 Å². The number of nitrogens with zero attached hydrogens (tertiary/aromatic N) is 2. The third-order valence-corrected chi connectivity index (χ3v) is 9.39. The Balaban J connectivity index is 1.84. The van der Waals surface area contributed by atoms with Crippen LogP contribution in [-0.2, 0) is 32.6 Å². The summed E-state index contributed by atoms with van der Waals surface area (Å²) >= 11 is 12.8. The summed E-state index contributed by atoms with van der Waals surface area (Å²) in [7, 11) is -4.36. The first-order valence-corrected chi connectivity index (χ1v) is 16.1. The van der Waals surface area contributed by atoms with Gasteiger partial charge in [-0.15, -0.1) is 0 Å². The fourth-order valence-electron chi connectivity index (χ4n) is 4.66. The minimum atomic E-state index is -4.36. The van der Waals surface area contributed by atoms with Crippen LogP contribution >= 0.6 is 23.2 Å². The molecule has 0 aromatic heterocycles. The monoisotopic (exact) mass is 655 g/mol. The number of amides is 2. The average Bonchev–Trinajstić information content (AvgIpc) is 3.00. The summed E-state index contributed by atoms with van der Waals surface area (Å²) in [6.45, 7) is 2.54. The van der Waals surface area contributed by atoms with Crippen LogP contribution in [0.25, 0.3) is 0 Å². The van der Waals surface area contributed by atoms with Gasteiger partial charge in [0.25, 0.3) is 10.0 Å². The van der Waals surface area contributed by atoms with Crippen molar-refractivity contribution in [3.05, 3.63) is 130 Å². The second kappa shape index (κ2) is 14.7. The Morgan fingerprint density at radius 2 is 1.45 bits per heavy atom. The highest BCUT2D eigenvalue weighted by atomic mass is 35.5. The molecule has 1 unspecified atom stereocenters. The molecule has 4 aromatic carbocycles. The molecule has 0 aliphatic carbocycles. The highest BCUT2D eigenvalue weighted by molar-refractivity contribution is 7.92. The molecule has 230 valence electrons. The van der Waals surface area contributed by atoms with Gasteiger partial charge >= 0.3 is 0 Å². The summed E-state index contributed by atoms with van der Waals surface area (Å²) in [5, 5.41) is 2.88. The van der Waals surface area contributed by atoms with Crippen molar-refractivity contribution in [3.63, 3.8) is 0 Å². The Labute approximate surface area is 267 Å². The van der Waals surface area contributed by atoms with Crippen molar-refractivity contribution in [1.82, 2.24) is 10.2 Å². The van der Waals surface area contributed by atoms with Crippen molar-refractivity contribution in [2.75, 3.05) is 10.8 Å². The van der Waals surface area contributed by atoms with Gasteiger partial charge in [0.15, 0.2) is 0 Å². The Kier molecular flexibility index (Phi) is 11.0. The van der Waals surface area contributed by atoms with E-state index in [2.05, 4.69) is 5.32 Å². The number of hydrogen-bond donors (Lipinski definition) is 1. The number of carbonyl (C=O) groups is 2. The molecular formula is C33H32Cl2FN3O4S. The molecule has 0 saturated carbocycles. The normalized spacial score (nSPS) is 12.0. The van der Waals surface area contributed by atoms with Crippen molar-refractivity contribution in [2.45, 2.75) is 43.8 Å². The fraction of sp³-hybridized carbons (Fsp3) is 0.212. The molecule has 0 saturated heterocycles. The number of sulfonamides is 1. The second-order valence-electron chi connectivity index (χ2n) is 10.4. The molecule has 11 heteroatoms. The molecule has 0 fully saturated rings. The summed E-state index contributed by atoms with van der Waals surface area (Å²) in [5.74, 6) is -1.78. The third kappa shape index (κ3) is 7.96. The standard InChI is InChI=1S/C33H32Cl2FN3O4S/c1-23(2)37-33(41)30(20-24-12-5-3-6-13-24)38(21-25-14-9-10-18-28(25)36)31(40)22-39(29-19-11-17-27(34)32(29)35)44(42,43)26-15-7-4-8-16-26/h3-19,23,30H,20-22H2,1-2H3,(H,37,41). The van der Waals surface area contributed by atoms with Crippen LogP contribution in [0.4, 0.5) is 10.1 Å². The zero-order chi connectivity index (χ0) is 31.9. The largest absolute Gasteiger partial charge is 0.352 e. The van der Waals surface area contributed by atoms with Crippen molar-refractivity contribution in [1.29, 1.82) is 0 Å². The van der Waals surface area contributed by atoms with Crippen LogP contribution in [0, 0.1) is 5.82 Å². The summed E-state index contributed by atoms with van der Waals surface area (Å²) in [6.07, 6.45) is 0.100. The highest BCUT2D eigenvalue weighted by Crippen LogP contribution is 2.35. The van der Waals surface area contributed by atoms with Crippen LogP contribution < -0.4 is 9.62 Å². The maximum Gasteiger partial charge on any atom is 0.264 e. The van der Waals surface area contributed by atoms with E-state index in [4.69, 9.17) is 23.2 Å². The van der Waals surface area contributed by atoms with Gasteiger partial charge in [0.1, 0.15) is 18.4 Å². The van der Waals surface area contributed by atoms with E-state index >= 15 is 0 Å². The van der Waals surface area contributed by atoms with Crippen LogP contribution in [0.1, 0.15) is 25.0 Å². The number of carbonyl (C=O) groups excluding carboxylic acids is 2. The quantitative estimate of drug-likeness (QED) is 0.189. The van der Waals surface area contributed by atoms with Gasteiger partial charge in [-0.05, 0) is 49.7 Å². The molecule has 4 aromatic rings. The van der Waals surface area contributed by atoms with Crippen LogP contribution in [0.15, 0.2) is 108 Å². The molecule has 1 N–H and O–H groups in total. The molecule has 0 radical (unpaired) electrons. The molecule has 0 bridgehead atoms. The number of nitrogens with one attached hydrogen (secondary N) is 1. The van der Waals surface area contributed by atoms with Gasteiger partial charge in [-0.25, -0.2) is 12.8 Å². The Bertz CT molecular complexity index is 1710. The lowest BCUT2D eigenvalue weighted by molar-refractivity contribution is -0.140. The van der Waals surface area contributed by atoms with E-state index in [9.17, 15) is 22.4 Å². The second-order valence-corrected chi connectivity index (χ2v) is 13.0. The van der Waals surface area contributed by atoms with Crippen LogP contribution in [0.2, 0.25) is 10.0 Å². The van der Waals surface area contributed by atoms with Gasteiger partial charge in [-0.1, -0.05) is 96.0 Å². The van der Waals surface area contributed by atoms with Gasteiger partial charge < -0.3 is 10.2 Å². The Morgan fingerprint density at radius 3 is 2.09 bits per heavy atom. The number of rotatable bonds is 12. The topological polar surface area (TPSA) is 86.8 Å². The van der Waals surface area contributed by atoms with Crippen LogP contribution in [-0.4, -0.2) is 43.8 Å². The lowest BCUT2D eigenvalue weighted by Crippen LogP contribution is -2.54. The number of hydrogen-bond acceptors (Lipinski definition) is 4. The predicted octanol–water partition coefficient (Wildman–Crippen LogP) is 6.49. The highest BCUT2D eigenvalue weighted by Gasteiger charge is 2.36. The van der Waals surface area contributed by atoms with E-state index in [0.29, 0.717) is 0 Å². The molecule has 4 rings (SSSR count). The van der Waals surface area contributed by atoms with Crippen molar-refractivity contribution < 1.29 is 22.4 Å². The van der Waals surface area contributed by atoms with Gasteiger partial charge in [-0.2, -0.15) is 0 Å². The lowest BCUT2D eigenvalue weighted by atomic mass is 10.0. The van der Waals surface area contributed by atoms with Crippen molar-refractivity contribution >= 4 is 50.7 Å². The first-order valence-electron chi connectivity index (χ1n) is 13.9. The summed E-state index contributed by atoms with van der Waals surface area (Å²) in [4.78, 5) is 29.2. The van der Waals surface area contributed by atoms with Gasteiger partial charge in [0, 0.05) is 24.6 Å². The van der Waals surface area contributed by atoms with E-state index in [-0.39, 0.29) is 45.2 Å². The molecule has 44 heavy (non-hydrogen) atoms. The zero-order valence-corrected chi connectivity index (χ0v) is 26.5. The minimum absolute atomic E-state index is 0.0200. The van der Waals surface area contributed by atoms with Crippen LogP contribution in [0.3, 0.4) is 0 Å². The van der Waals surface area contributed by atoms with Gasteiger partial charge in [-0.3, -0.25) is 13.9 Å². The predicted molar refractivity (Wildman–Crippen MR) is 172 cm³/mol. The van der Waals surface area contributed by atoms with Crippen molar-refractivity contribution in [3.8, 4) is 0 Å². The maximum absolute atomic E-state index is 15.0. The third-order valence-electron chi connectivity index (χ3n) is 6.81. The van der Waals surface area contributed by atoms with E-state index in [1.807, 2.05) is 30.3 Å². The molecular weight excluding hydrogens is 624 g/mol. The van der Waals surface area contributed by atoms with Gasteiger partial charge in [0.2, 0.25) is 11.8 Å². The summed E-state index contributed by atoms with van der Waals surface area (Å²) in [5.41, 5.74) is 0.900. The molecule has 7 nitrogen and oxygen atoms in total. The smallest absolute Gasteiger partial charge is 0.264 e. The lowest BCUT2D eigenvalue weighted by Gasteiger charge is -2.34. The van der Waals surface area contributed by atoms with E-state index in [0.717, 1.165) is 9.87 Å². The molecule has 0 aliphatic heterocycles. The summed E-state index contributed by atoms with van der Waals surface area (Å²) < 4.78 is 43.9. The fourth-order valence-corrected chi connectivity index (χ4v) is 6.56. The zero-order valence-electron chi connectivity index (χ0n) is 24.2. The molecule has 1 atom stereocenters. The number of halogens is 3. The molecule has 0 spiro atoms. The molecule has 0 aliphatic rings. The number of anilines is 1. The SMILES string of the molecule is CC(C)NC(=O)C(Cc1ccccc1)N(Cc1ccccc1F)C(=O)CN(c1cccc(Cl)c1Cl)S(=O)(=O)c1ccccc1. The molecule has 2 amide bonds. The van der Waals surface area contributed by atoms with E-state index in [1.165, 1.54) is 53.4 Å². The Morgan fingerprint density at radius 1 is 0.841 bits per heavy atom. The minimum Gasteiger partial charge on any atom is -0.352 e. The Hall–Kier alpha value is -3.92. The first-order chi connectivity index (χ1) is 21.0. The maximum atomic E-state index is 15.0. The number of benzene rings is 4. The summed E-state index contributed by atoms with van der Waals surface area (Å²) in [6, 6.07) is 25.7. The molecule has 0 heterocycles. The average molecular weight is 657 g/mol. The van der Waals surface area contributed by atoms with Crippen molar-refractivity contribution in [2.24, 2.45) is 0 Å². The van der Waals surface area contributed by atoms with E-state index < -0.39 is 40.2 Å². The van der Waals surface area contributed by atoms with Crippen LogP contribution in [0.5, 0.6) is 0 Å². The van der Waals surface area contributed by atoms with E-state index in [1.54, 1.807) is 38.1 Å². The first kappa shape index (κ1) is 33.0.